The largest absolute Gasteiger partial charge is 0.463 e. The van der Waals surface area contributed by atoms with Crippen molar-refractivity contribution in [3.8, 4) is 0 Å². The van der Waals surface area contributed by atoms with E-state index < -0.39 is 0 Å². The van der Waals surface area contributed by atoms with Gasteiger partial charge in [0.15, 0.2) is 0 Å². The third-order valence-corrected chi connectivity index (χ3v) is 2.69. The van der Waals surface area contributed by atoms with Crippen molar-refractivity contribution in [2.24, 2.45) is 0 Å². The molecule has 0 aromatic rings. The summed E-state index contributed by atoms with van der Waals surface area (Å²) in [6.45, 7) is 7.15. The first-order valence-electron chi connectivity index (χ1n) is 7.20. The van der Waals surface area contributed by atoms with Gasteiger partial charge in [0, 0.05) is 26.2 Å². The number of rotatable bonds is 13. The fourth-order valence-electron chi connectivity index (χ4n) is 1.42. The van der Waals surface area contributed by atoms with Crippen LogP contribution in [0, 0.1) is 0 Å². The molecule has 0 aliphatic heterocycles. The van der Waals surface area contributed by atoms with Gasteiger partial charge in [-0.1, -0.05) is 0 Å². The van der Waals surface area contributed by atoms with E-state index in [0.717, 1.165) is 19.6 Å². The van der Waals surface area contributed by atoms with Gasteiger partial charge in [0.2, 0.25) is 0 Å². The molecule has 0 aliphatic rings. The van der Waals surface area contributed by atoms with E-state index in [2.05, 4.69) is 9.80 Å². The average molecular weight is 290 g/mol. The van der Waals surface area contributed by atoms with Gasteiger partial charge in [0.25, 0.3) is 0 Å². The molecule has 0 rings (SSSR count). The van der Waals surface area contributed by atoms with Gasteiger partial charge in [0.05, 0.1) is 26.2 Å². The minimum absolute atomic E-state index is 0.171. The number of hydrogen-bond acceptors (Lipinski definition) is 6. The normalized spacial score (nSPS) is 11.3. The monoisotopic (exact) mass is 290 g/mol. The lowest BCUT2D eigenvalue weighted by Gasteiger charge is -2.18. The quantitative estimate of drug-likeness (QED) is 0.363. The highest BCUT2D eigenvalue weighted by molar-refractivity contribution is 5.69. The second-order valence-electron chi connectivity index (χ2n) is 4.89. The molecule has 20 heavy (non-hydrogen) atoms. The maximum absolute atomic E-state index is 11.5. The molecule has 0 aliphatic carbocycles. The average Bonchev–Trinajstić information content (AvgIpc) is 2.41. The van der Waals surface area contributed by atoms with Crippen LogP contribution in [-0.4, -0.2) is 89.6 Å². The molecular formula is C14H30N2O4. The molecule has 0 heterocycles. The van der Waals surface area contributed by atoms with Crippen LogP contribution in [-0.2, 0) is 19.0 Å². The molecule has 0 aromatic heterocycles. The summed E-state index contributed by atoms with van der Waals surface area (Å²) in [5.74, 6) is -0.171. The molecule has 0 saturated carbocycles. The van der Waals surface area contributed by atoms with Crippen molar-refractivity contribution >= 4 is 5.97 Å². The maximum Gasteiger partial charge on any atom is 0.307 e. The molecule has 0 radical (unpaired) electrons. The Morgan fingerprint density at radius 3 is 2.20 bits per heavy atom. The van der Waals surface area contributed by atoms with E-state index in [9.17, 15) is 4.79 Å². The van der Waals surface area contributed by atoms with Gasteiger partial charge in [-0.05, 0) is 28.1 Å². The summed E-state index contributed by atoms with van der Waals surface area (Å²) in [6, 6.07) is 0. The van der Waals surface area contributed by atoms with Crippen LogP contribution in [0.5, 0.6) is 0 Å². The van der Waals surface area contributed by atoms with Gasteiger partial charge in [-0.2, -0.15) is 0 Å². The van der Waals surface area contributed by atoms with Crippen LogP contribution < -0.4 is 0 Å². The van der Waals surface area contributed by atoms with E-state index in [1.165, 1.54) is 0 Å². The van der Waals surface area contributed by atoms with E-state index >= 15 is 0 Å². The fourth-order valence-corrected chi connectivity index (χ4v) is 1.42. The number of ether oxygens (including phenoxy) is 3. The van der Waals surface area contributed by atoms with Crippen LogP contribution in [0.15, 0.2) is 0 Å². The van der Waals surface area contributed by atoms with Crippen molar-refractivity contribution in [1.82, 2.24) is 9.80 Å². The van der Waals surface area contributed by atoms with Crippen molar-refractivity contribution in [2.45, 2.75) is 13.3 Å². The maximum atomic E-state index is 11.5. The van der Waals surface area contributed by atoms with Gasteiger partial charge in [-0.3, -0.25) is 4.79 Å². The van der Waals surface area contributed by atoms with Crippen molar-refractivity contribution < 1.29 is 19.0 Å². The molecule has 0 spiro atoms. The Labute approximate surface area is 123 Å². The van der Waals surface area contributed by atoms with Crippen LogP contribution in [0.25, 0.3) is 0 Å². The lowest BCUT2D eigenvalue weighted by molar-refractivity contribution is -0.145. The van der Waals surface area contributed by atoms with Crippen molar-refractivity contribution in [1.29, 1.82) is 0 Å². The zero-order valence-corrected chi connectivity index (χ0v) is 13.4. The Kier molecular flexibility index (Phi) is 12.8. The first-order valence-corrected chi connectivity index (χ1v) is 7.20. The van der Waals surface area contributed by atoms with E-state index in [1.54, 1.807) is 0 Å². The Bertz CT molecular complexity index is 237. The first-order chi connectivity index (χ1) is 9.56. The summed E-state index contributed by atoms with van der Waals surface area (Å²) in [7, 11) is 6.08. The Morgan fingerprint density at radius 2 is 1.55 bits per heavy atom. The van der Waals surface area contributed by atoms with E-state index in [1.807, 2.05) is 28.1 Å². The highest BCUT2D eigenvalue weighted by Crippen LogP contribution is 1.92. The molecule has 0 aromatic carbocycles. The molecular weight excluding hydrogens is 260 g/mol. The zero-order valence-electron chi connectivity index (χ0n) is 13.4. The fraction of sp³-hybridized carbons (Fsp3) is 0.929. The van der Waals surface area contributed by atoms with Gasteiger partial charge < -0.3 is 24.0 Å². The molecule has 0 bridgehead atoms. The van der Waals surface area contributed by atoms with E-state index in [0.29, 0.717) is 39.5 Å². The number of likely N-dealkylation sites (N-methyl/N-ethyl adjacent to an activating group) is 2. The third kappa shape index (κ3) is 13.7. The van der Waals surface area contributed by atoms with Crippen molar-refractivity contribution in [2.75, 3.05) is 73.8 Å². The summed E-state index contributed by atoms with van der Waals surface area (Å²) in [4.78, 5) is 15.7. The molecule has 120 valence electrons. The predicted octanol–water partition coefficient (Wildman–Crippen LogP) is 0.466. The summed E-state index contributed by atoms with van der Waals surface area (Å²) in [6.07, 6.45) is 0.420. The molecule has 6 heteroatoms. The van der Waals surface area contributed by atoms with Crippen LogP contribution in [0.2, 0.25) is 0 Å². The Balaban J connectivity index is 3.36. The lowest BCUT2D eigenvalue weighted by atomic mass is 10.4. The molecule has 0 saturated heterocycles. The highest BCUT2D eigenvalue weighted by atomic mass is 16.6. The first kappa shape index (κ1) is 19.3. The SMILES string of the molecule is CCOCCOCCOC(=O)CCN(C)CCN(C)C. The molecule has 0 fully saturated rings. The number of carbonyl (C=O) groups excluding carboxylic acids is 1. The van der Waals surface area contributed by atoms with Crippen molar-refractivity contribution in [3.63, 3.8) is 0 Å². The number of esters is 1. The Morgan fingerprint density at radius 1 is 0.900 bits per heavy atom. The van der Waals surface area contributed by atoms with Crippen LogP contribution in [0.1, 0.15) is 13.3 Å². The zero-order chi connectivity index (χ0) is 15.2. The number of hydrogen-bond donors (Lipinski definition) is 0. The summed E-state index contributed by atoms with van der Waals surface area (Å²) >= 11 is 0. The number of carbonyl (C=O) groups is 1. The van der Waals surface area contributed by atoms with E-state index in [-0.39, 0.29) is 5.97 Å². The van der Waals surface area contributed by atoms with Gasteiger partial charge in [-0.15, -0.1) is 0 Å². The van der Waals surface area contributed by atoms with Crippen LogP contribution in [0.4, 0.5) is 0 Å². The summed E-state index contributed by atoms with van der Waals surface area (Å²) in [5, 5.41) is 0. The van der Waals surface area contributed by atoms with Crippen molar-refractivity contribution in [3.05, 3.63) is 0 Å². The van der Waals surface area contributed by atoms with Crippen LogP contribution >= 0.6 is 0 Å². The molecule has 0 amide bonds. The second kappa shape index (κ2) is 13.3. The predicted molar refractivity (Wildman–Crippen MR) is 78.9 cm³/mol. The summed E-state index contributed by atoms with van der Waals surface area (Å²) < 4.78 is 15.5. The lowest BCUT2D eigenvalue weighted by Crippen LogP contribution is -2.30. The molecule has 0 atom stereocenters. The number of nitrogens with zero attached hydrogens (tertiary/aromatic N) is 2. The van der Waals surface area contributed by atoms with E-state index in [4.69, 9.17) is 14.2 Å². The topological polar surface area (TPSA) is 51.2 Å². The standard InChI is InChI=1S/C14H30N2O4/c1-5-18-10-11-19-12-13-20-14(17)6-7-16(4)9-8-15(2)3/h5-13H2,1-4H3. The third-order valence-electron chi connectivity index (χ3n) is 2.69. The molecule has 0 N–H and O–H groups in total. The minimum Gasteiger partial charge on any atom is -0.463 e. The molecule has 6 nitrogen and oxygen atoms in total. The molecule has 0 unspecified atom stereocenters. The smallest absolute Gasteiger partial charge is 0.307 e. The van der Waals surface area contributed by atoms with Gasteiger partial charge >= 0.3 is 5.97 Å². The Hall–Kier alpha value is -0.690. The second-order valence-corrected chi connectivity index (χ2v) is 4.89. The summed E-state index contributed by atoms with van der Waals surface area (Å²) in [5.41, 5.74) is 0. The van der Waals surface area contributed by atoms with Gasteiger partial charge in [0.1, 0.15) is 6.61 Å². The van der Waals surface area contributed by atoms with Crippen LogP contribution in [0.3, 0.4) is 0 Å². The minimum atomic E-state index is -0.171. The van der Waals surface area contributed by atoms with Gasteiger partial charge in [-0.25, -0.2) is 0 Å². The highest BCUT2D eigenvalue weighted by Gasteiger charge is 2.06.